The van der Waals surface area contributed by atoms with Gasteiger partial charge in [0.25, 0.3) is 0 Å². The van der Waals surface area contributed by atoms with Gasteiger partial charge in [0.1, 0.15) is 0 Å². The Hall–Kier alpha value is 3.07. The van der Waals surface area contributed by atoms with Crippen molar-refractivity contribution in [2.45, 2.75) is 0 Å². The van der Waals surface area contributed by atoms with Gasteiger partial charge in [0.05, 0.1) is 0 Å². The standard InChI is InChI=1S/Al.Li.Mg.Ni.O.Zr.6H. The molecule has 0 spiro atoms. The third-order valence-electron chi connectivity index (χ3n) is 0. The topological polar surface area (TPSA) is 17.1 Å². The van der Waals surface area contributed by atoms with Crippen molar-refractivity contribution < 1.29 is 44.0 Å². The Morgan fingerprint density at radius 3 is 1.17 bits per heavy atom. The Morgan fingerprint density at radius 2 is 1.17 bits per heavy atom. The van der Waals surface area contributed by atoms with E-state index in [0.717, 1.165) is 0 Å². The van der Waals surface area contributed by atoms with Crippen LogP contribution in [-0.2, 0) is 44.0 Å². The van der Waals surface area contributed by atoms with Crippen LogP contribution in [0.15, 0.2) is 0 Å². The summed E-state index contributed by atoms with van der Waals surface area (Å²) < 4.78 is 8.34. The summed E-state index contributed by atoms with van der Waals surface area (Å²) in [5, 5.41) is 0. The molecule has 0 saturated heterocycles. The van der Waals surface area contributed by atoms with Crippen LogP contribution in [0.3, 0.4) is 0 Å². The van der Waals surface area contributed by atoms with E-state index in [1.165, 1.54) is 0 Å². The molecular formula is H6AlLiMgNiOZr. The van der Waals surface area contributed by atoms with Gasteiger partial charge in [0.15, 0.2) is 17.4 Å². The van der Waals surface area contributed by atoms with Gasteiger partial charge in [-0.05, 0) is 0 Å². The van der Waals surface area contributed by atoms with Crippen LogP contribution in [0, 0.1) is 0 Å². The second-order valence-electron chi connectivity index (χ2n) is 0. The zero-order valence-electron chi connectivity index (χ0n) is 1.22. The van der Waals surface area contributed by atoms with Crippen molar-refractivity contribution in [3.63, 3.8) is 0 Å². The molecule has 0 aliphatic carbocycles. The van der Waals surface area contributed by atoms with E-state index in [-0.39, 0.29) is 75.8 Å². The first-order valence-corrected chi connectivity index (χ1v) is 1.21. The van der Waals surface area contributed by atoms with Crippen molar-refractivity contribution in [2.75, 3.05) is 0 Å². The first-order valence-electron chi connectivity index (χ1n) is 0.204. The molecule has 0 N–H and O–H groups in total. The van der Waals surface area contributed by atoms with Crippen LogP contribution in [0.1, 0.15) is 0 Å². The second kappa shape index (κ2) is 42.8. The summed E-state index contributed by atoms with van der Waals surface area (Å²) in [4.78, 5) is 0. The molecule has 0 bridgehead atoms. The van der Waals surface area contributed by atoms with E-state index in [0.29, 0.717) is 24.7 Å². The summed E-state index contributed by atoms with van der Waals surface area (Å²) in [6, 6.07) is 0. The van der Waals surface area contributed by atoms with Crippen LogP contribution in [0.5, 0.6) is 0 Å². The van der Waals surface area contributed by atoms with Crippen molar-refractivity contribution in [1.29, 1.82) is 0 Å². The van der Waals surface area contributed by atoms with Crippen LogP contribution in [0.25, 0.3) is 0 Å². The molecule has 0 saturated carbocycles. The Balaban J connectivity index is -0.000000000833. The van der Waals surface area contributed by atoms with E-state index in [1.807, 2.05) is 0 Å². The fourth-order valence-electron chi connectivity index (χ4n) is 0. The van der Waals surface area contributed by atoms with E-state index >= 15 is 0 Å². The summed E-state index contributed by atoms with van der Waals surface area (Å²) in [6.45, 7) is 0. The number of hydrogen-bond donors (Lipinski definition) is 0. The molecule has 0 amide bonds. The average molecular weight is 230 g/mol. The quantitative estimate of drug-likeness (QED) is 0.409. The summed E-state index contributed by atoms with van der Waals surface area (Å²) in [5.41, 5.74) is 0. The summed E-state index contributed by atoms with van der Waals surface area (Å²) >= 11 is 0.300. The summed E-state index contributed by atoms with van der Waals surface area (Å²) in [7, 11) is 0. The van der Waals surface area contributed by atoms with Gasteiger partial charge in [-0.1, -0.05) is 0 Å². The maximum atomic E-state index is 8.34. The number of rotatable bonds is 0. The van der Waals surface area contributed by atoms with Gasteiger partial charge in [-0.25, -0.2) is 0 Å². The van der Waals surface area contributed by atoms with Gasteiger partial charge in [-0.2, -0.15) is 0 Å². The molecule has 6 heteroatoms. The summed E-state index contributed by atoms with van der Waals surface area (Å²) in [5.74, 6) is 0. The van der Waals surface area contributed by atoms with Crippen molar-refractivity contribution in [3.05, 3.63) is 0 Å². The molecule has 0 unspecified atom stereocenters. The van der Waals surface area contributed by atoms with E-state index in [4.69, 9.17) is 2.81 Å². The first-order chi connectivity index (χ1) is 1.00. The minimum absolute atomic E-state index is 0. The Kier molecular flexibility index (Phi) is 254. The zero-order valence-corrected chi connectivity index (χ0v) is 4.67. The van der Waals surface area contributed by atoms with Crippen LogP contribution in [0.4, 0.5) is 0 Å². The molecule has 0 aromatic carbocycles. The van der Waals surface area contributed by atoms with Crippen molar-refractivity contribution >= 4 is 59.3 Å². The van der Waals surface area contributed by atoms with E-state index in [1.54, 1.807) is 0 Å². The monoisotopic (exact) mass is 228 g/mol. The van der Waals surface area contributed by atoms with Crippen molar-refractivity contribution in [2.24, 2.45) is 0 Å². The third-order valence-corrected chi connectivity index (χ3v) is 0. The zero-order chi connectivity index (χ0) is 2.00. The second-order valence-corrected chi connectivity index (χ2v) is 0. The van der Waals surface area contributed by atoms with Gasteiger partial charge in [-0.3, -0.25) is 0 Å². The Labute approximate surface area is 101 Å². The van der Waals surface area contributed by atoms with Crippen LogP contribution in [-0.4, -0.2) is 59.3 Å². The summed E-state index contributed by atoms with van der Waals surface area (Å²) in [6.07, 6.45) is 0. The SMILES string of the molecule is [AlH3].[LiH].[MgH2].[Ni].[O]=[Zr]. The van der Waals surface area contributed by atoms with Gasteiger partial charge in [-0.15, -0.1) is 0 Å². The first kappa shape index (κ1) is 35.6. The fraction of sp³-hybridized carbons (Fsp3) is 0. The van der Waals surface area contributed by atoms with E-state index < -0.39 is 0 Å². The van der Waals surface area contributed by atoms with Gasteiger partial charge < -0.3 is 0 Å². The molecule has 0 aliphatic rings. The number of hydrogen-bond acceptors (Lipinski definition) is 1. The normalized spacial score (nSPS) is 0.500. The molecular weight excluding hydrogens is 224 g/mol. The Bertz CT molecular complexity index is 15.5. The van der Waals surface area contributed by atoms with E-state index in [9.17, 15) is 0 Å². The molecule has 6 heavy (non-hydrogen) atoms. The van der Waals surface area contributed by atoms with Crippen molar-refractivity contribution in [3.8, 4) is 0 Å². The molecule has 0 atom stereocenters. The van der Waals surface area contributed by atoms with Crippen LogP contribution < -0.4 is 0 Å². The van der Waals surface area contributed by atoms with Gasteiger partial charge in [0, 0.05) is 16.5 Å². The maximum absolute atomic E-state index is 8.34. The molecule has 32 valence electrons. The average Bonchev–Trinajstić information content (AvgIpc) is 1.00. The predicted molar refractivity (Wildman–Crippen MR) is 26.3 cm³/mol. The molecule has 0 aliphatic heterocycles. The van der Waals surface area contributed by atoms with Crippen LogP contribution >= 0.6 is 0 Å². The molecule has 1 nitrogen and oxygen atoms in total. The predicted octanol–water partition coefficient (Wildman–Crippen LogP) is -2.87. The van der Waals surface area contributed by atoms with Crippen LogP contribution in [0.2, 0.25) is 0 Å². The third kappa shape index (κ3) is 27.6. The Morgan fingerprint density at radius 1 is 1.17 bits per heavy atom. The molecule has 0 radical (unpaired) electrons. The van der Waals surface area contributed by atoms with Gasteiger partial charge in [0.2, 0.25) is 0 Å². The molecule has 0 heterocycles. The molecule has 0 aromatic rings. The molecule has 0 fully saturated rings. The van der Waals surface area contributed by atoms with E-state index in [2.05, 4.69) is 0 Å². The molecule has 0 aromatic heterocycles. The van der Waals surface area contributed by atoms with Crippen molar-refractivity contribution in [1.82, 2.24) is 0 Å². The minimum atomic E-state index is 0. The fourth-order valence-corrected chi connectivity index (χ4v) is 0. The molecule has 0 rings (SSSR count). The van der Waals surface area contributed by atoms with Gasteiger partial charge >= 0.3 is 69.5 Å².